The van der Waals surface area contributed by atoms with Gasteiger partial charge in [0.15, 0.2) is 0 Å². The van der Waals surface area contributed by atoms with Crippen molar-refractivity contribution in [2.75, 3.05) is 19.6 Å². The largest absolute Gasteiger partial charge is 0.356 e. The van der Waals surface area contributed by atoms with Crippen molar-refractivity contribution in [2.45, 2.75) is 57.5 Å². The number of aryl methyl sites for hydroxylation is 1. The topological polar surface area (TPSA) is 98.8 Å². The lowest BCUT2D eigenvalue weighted by atomic mass is 9.98. The third-order valence-electron chi connectivity index (χ3n) is 6.64. The van der Waals surface area contributed by atoms with Crippen LogP contribution in [0.4, 0.5) is 4.79 Å². The molecule has 31 heavy (non-hydrogen) atoms. The molecule has 1 atom stereocenters. The molecule has 3 aliphatic rings. The van der Waals surface area contributed by atoms with Gasteiger partial charge in [-0.25, -0.2) is 4.79 Å². The Morgan fingerprint density at radius 3 is 2.58 bits per heavy atom. The monoisotopic (exact) mass is 426 g/mol. The van der Waals surface area contributed by atoms with Crippen LogP contribution in [0.3, 0.4) is 0 Å². The highest BCUT2D eigenvalue weighted by Crippen LogP contribution is 2.35. The molecule has 0 bridgehead atoms. The van der Waals surface area contributed by atoms with Crippen molar-refractivity contribution >= 4 is 23.8 Å². The zero-order valence-electron chi connectivity index (χ0n) is 18.0. The summed E-state index contributed by atoms with van der Waals surface area (Å²) in [6.45, 7) is 3.59. The molecule has 1 aromatic rings. The van der Waals surface area contributed by atoms with Crippen LogP contribution >= 0.6 is 0 Å². The van der Waals surface area contributed by atoms with E-state index in [0.717, 1.165) is 18.4 Å². The van der Waals surface area contributed by atoms with Gasteiger partial charge in [-0.1, -0.05) is 42.7 Å². The second-order valence-corrected chi connectivity index (χ2v) is 8.98. The van der Waals surface area contributed by atoms with Gasteiger partial charge in [-0.2, -0.15) is 0 Å². The lowest BCUT2D eigenvalue weighted by molar-refractivity contribution is -0.131. The Kier molecular flexibility index (Phi) is 5.98. The fraction of sp³-hybridized carbons (Fsp3) is 0.565. The molecule has 1 aliphatic carbocycles. The maximum Gasteiger partial charge on any atom is 0.325 e. The first kappa shape index (κ1) is 21.3. The van der Waals surface area contributed by atoms with Crippen LogP contribution in [0.25, 0.3) is 0 Å². The molecule has 1 spiro atoms. The van der Waals surface area contributed by atoms with E-state index in [1.807, 2.05) is 31.2 Å². The van der Waals surface area contributed by atoms with Crippen molar-refractivity contribution in [3.63, 3.8) is 0 Å². The number of carbonyl (C=O) groups excluding carboxylic acids is 4. The summed E-state index contributed by atoms with van der Waals surface area (Å²) in [4.78, 5) is 52.7. The summed E-state index contributed by atoms with van der Waals surface area (Å²) in [6, 6.07) is 7.70. The Morgan fingerprint density at radius 1 is 1.16 bits per heavy atom. The summed E-state index contributed by atoms with van der Waals surface area (Å²) in [5.74, 6) is -0.656. The minimum atomic E-state index is -0.689. The molecule has 2 N–H and O–H groups in total. The third-order valence-corrected chi connectivity index (χ3v) is 6.64. The van der Waals surface area contributed by atoms with E-state index in [-0.39, 0.29) is 42.6 Å². The number of hydrogen-bond donors (Lipinski definition) is 2. The molecule has 4 rings (SSSR count). The highest BCUT2D eigenvalue weighted by atomic mass is 16.2. The van der Waals surface area contributed by atoms with Crippen LogP contribution in [0.5, 0.6) is 0 Å². The molecular weight excluding hydrogens is 396 g/mol. The zero-order chi connectivity index (χ0) is 22.0. The number of amides is 5. The smallest absolute Gasteiger partial charge is 0.325 e. The van der Waals surface area contributed by atoms with E-state index in [9.17, 15) is 19.2 Å². The highest BCUT2D eigenvalue weighted by molar-refractivity contribution is 6.07. The molecule has 0 aromatic heterocycles. The molecule has 3 fully saturated rings. The van der Waals surface area contributed by atoms with Crippen molar-refractivity contribution in [3.05, 3.63) is 35.4 Å². The Bertz CT molecular complexity index is 876. The highest BCUT2D eigenvalue weighted by Gasteiger charge is 2.52. The van der Waals surface area contributed by atoms with Crippen LogP contribution in [0.2, 0.25) is 0 Å². The predicted octanol–water partition coefficient (Wildman–Crippen LogP) is 1.71. The molecule has 2 heterocycles. The fourth-order valence-corrected chi connectivity index (χ4v) is 4.80. The van der Waals surface area contributed by atoms with Crippen LogP contribution in [0.1, 0.15) is 49.7 Å². The number of rotatable bonds is 7. The molecule has 8 heteroatoms. The Labute approximate surface area is 182 Å². The number of carbonyl (C=O) groups is 4. The van der Waals surface area contributed by atoms with E-state index < -0.39 is 5.54 Å². The van der Waals surface area contributed by atoms with Gasteiger partial charge in [0.2, 0.25) is 11.8 Å². The molecule has 2 aliphatic heterocycles. The summed E-state index contributed by atoms with van der Waals surface area (Å²) in [7, 11) is 0. The fourth-order valence-electron chi connectivity index (χ4n) is 4.80. The van der Waals surface area contributed by atoms with Gasteiger partial charge in [-0.3, -0.25) is 19.3 Å². The molecular formula is C23H30N4O4. The zero-order valence-corrected chi connectivity index (χ0v) is 18.0. The Balaban J connectivity index is 1.20. The third kappa shape index (κ3) is 4.43. The van der Waals surface area contributed by atoms with Gasteiger partial charge in [0, 0.05) is 32.6 Å². The van der Waals surface area contributed by atoms with Crippen molar-refractivity contribution < 1.29 is 19.2 Å². The van der Waals surface area contributed by atoms with E-state index in [1.54, 1.807) is 4.90 Å². The van der Waals surface area contributed by atoms with Crippen LogP contribution in [0.15, 0.2) is 24.3 Å². The van der Waals surface area contributed by atoms with Gasteiger partial charge in [-0.05, 0) is 31.7 Å². The van der Waals surface area contributed by atoms with Crippen LogP contribution in [0, 0.1) is 12.8 Å². The first-order valence-electron chi connectivity index (χ1n) is 11.1. The molecule has 5 amide bonds. The van der Waals surface area contributed by atoms with E-state index in [2.05, 4.69) is 10.6 Å². The van der Waals surface area contributed by atoms with Gasteiger partial charge in [0.05, 0.1) is 5.92 Å². The van der Waals surface area contributed by atoms with Gasteiger partial charge in [0.25, 0.3) is 5.91 Å². The normalized spacial score (nSPS) is 22.5. The van der Waals surface area contributed by atoms with Crippen molar-refractivity contribution in [3.8, 4) is 0 Å². The van der Waals surface area contributed by atoms with Gasteiger partial charge in [-0.15, -0.1) is 0 Å². The number of hydrogen-bond acceptors (Lipinski definition) is 4. The number of nitrogens with zero attached hydrogens (tertiary/aromatic N) is 2. The Morgan fingerprint density at radius 2 is 1.87 bits per heavy atom. The summed E-state index contributed by atoms with van der Waals surface area (Å²) in [5.41, 5.74) is 1.53. The molecule has 1 saturated carbocycles. The summed E-state index contributed by atoms with van der Waals surface area (Å²) < 4.78 is 0. The second-order valence-electron chi connectivity index (χ2n) is 8.98. The van der Waals surface area contributed by atoms with E-state index in [0.29, 0.717) is 38.9 Å². The number of imide groups is 1. The van der Waals surface area contributed by atoms with Crippen molar-refractivity contribution in [2.24, 2.45) is 5.92 Å². The summed E-state index contributed by atoms with van der Waals surface area (Å²) in [6.07, 6.45) is 4.04. The minimum Gasteiger partial charge on any atom is -0.356 e. The first-order chi connectivity index (χ1) is 14.9. The number of nitrogens with one attached hydrogen (secondary N) is 2. The average molecular weight is 427 g/mol. The minimum absolute atomic E-state index is 0.0121. The molecule has 1 aromatic carbocycles. The summed E-state index contributed by atoms with van der Waals surface area (Å²) in [5, 5.41) is 5.73. The van der Waals surface area contributed by atoms with E-state index in [4.69, 9.17) is 0 Å². The first-order valence-corrected chi connectivity index (χ1v) is 11.1. The Hall–Kier alpha value is -2.90. The van der Waals surface area contributed by atoms with Gasteiger partial charge < -0.3 is 15.5 Å². The molecule has 8 nitrogen and oxygen atoms in total. The molecule has 1 unspecified atom stereocenters. The van der Waals surface area contributed by atoms with Gasteiger partial charge >= 0.3 is 6.03 Å². The van der Waals surface area contributed by atoms with Crippen molar-refractivity contribution in [1.29, 1.82) is 0 Å². The van der Waals surface area contributed by atoms with Crippen LogP contribution in [-0.4, -0.2) is 58.7 Å². The SMILES string of the molecule is Cc1ccc(CN2CC(C(=O)NCCCN3C(=O)NC4(CCCC4)C3=O)CC2=O)cc1. The van der Waals surface area contributed by atoms with Crippen molar-refractivity contribution in [1.82, 2.24) is 20.4 Å². The van der Waals surface area contributed by atoms with E-state index in [1.165, 1.54) is 10.5 Å². The standard InChI is InChI=1S/C23H30N4O4/c1-16-5-7-17(8-6-16)14-26-15-18(13-19(26)28)20(29)24-11-4-12-27-21(30)23(25-22(27)31)9-2-3-10-23/h5-8,18H,2-4,9-15H2,1H3,(H,24,29)(H,25,31). The van der Waals surface area contributed by atoms with Gasteiger partial charge in [0.1, 0.15) is 5.54 Å². The van der Waals surface area contributed by atoms with E-state index >= 15 is 0 Å². The lowest BCUT2D eigenvalue weighted by Gasteiger charge is -2.20. The lowest BCUT2D eigenvalue weighted by Crippen LogP contribution is -2.44. The summed E-state index contributed by atoms with van der Waals surface area (Å²) >= 11 is 0. The number of benzene rings is 1. The molecule has 2 saturated heterocycles. The number of likely N-dealkylation sites (tertiary alicyclic amines) is 1. The number of urea groups is 1. The predicted molar refractivity (Wildman–Crippen MR) is 114 cm³/mol. The maximum atomic E-state index is 12.6. The quantitative estimate of drug-likeness (QED) is 0.512. The second kappa shape index (κ2) is 8.69. The average Bonchev–Trinajstić information content (AvgIpc) is 3.42. The van der Waals surface area contributed by atoms with Crippen LogP contribution in [-0.2, 0) is 20.9 Å². The molecule has 166 valence electrons. The van der Waals surface area contributed by atoms with Crippen LogP contribution < -0.4 is 10.6 Å². The molecule has 0 radical (unpaired) electrons. The maximum absolute atomic E-state index is 12.6.